The normalized spacial score (nSPS) is 10.9. The fourth-order valence-electron chi connectivity index (χ4n) is 2.19. The summed E-state index contributed by atoms with van der Waals surface area (Å²) in [6.07, 6.45) is 1.64. The average Bonchev–Trinajstić information content (AvgIpc) is 2.54. The van der Waals surface area contributed by atoms with Gasteiger partial charge in [-0.15, -0.1) is 0 Å². The number of benzene rings is 2. The highest BCUT2D eigenvalue weighted by atomic mass is 16.5. The Bertz CT molecular complexity index is 765. The second-order valence-corrected chi connectivity index (χ2v) is 5.09. The largest absolute Gasteiger partial charge is 0.497 e. The molecule has 0 saturated heterocycles. The molecule has 0 bridgehead atoms. The highest BCUT2D eigenvalue weighted by molar-refractivity contribution is 6.14. The number of carbonyl (C=O) groups excluding carboxylic acids is 1. The van der Waals surface area contributed by atoms with Crippen LogP contribution in [0, 0.1) is 25.2 Å². The molecule has 3 nitrogen and oxygen atoms in total. The number of carbonyl (C=O) groups is 1. The Morgan fingerprint density at radius 2 is 1.82 bits per heavy atom. The fraction of sp³-hybridized carbons (Fsp3) is 0.158. The average molecular weight is 291 g/mol. The van der Waals surface area contributed by atoms with Crippen molar-refractivity contribution in [3.63, 3.8) is 0 Å². The third kappa shape index (κ3) is 3.42. The maximum Gasteiger partial charge on any atom is 0.203 e. The molecule has 2 aromatic carbocycles. The molecular formula is C19H17NO2. The van der Waals surface area contributed by atoms with Crippen molar-refractivity contribution in [3.8, 4) is 11.8 Å². The maximum absolute atomic E-state index is 12.4. The predicted octanol–water partition coefficient (Wildman–Crippen LogP) is 4.10. The van der Waals surface area contributed by atoms with Gasteiger partial charge in [0.05, 0.1) is 7.11 Å². The molecule has 2 rings (SSSR count). The molecule has 0 amide bonds. The van der Waals surface area contributed by atoms with Crippen molar-refractivity contribution in [3.05, 3.63) is 70.3 Å². The Balaban J connectivity index is 2.36. The Labute approximate surface area is 130 Å². The molecule has 0 aliphatic heterocycles. The number of nitriles is 1. The molecule has 0 radical (unpaired) electrons. The van der Waals surface area contributed by atoms with E-state index in [1.54, 1.807) is 37.5 Å². The van der Waals surface area contributed by atoms with E-state index in [0.717, 1.165) is 16.7 Å². The van der Waals surface area contributed by atoms with E-state index in [1.807, 2.05) is 38.1 Å². The van der Waals surface area contributed by atoms with Gasteiger partial charge in [0.25, 0.3) is 0 Å². The molecule has 0 aromatic heterocycles. The van der Waals surface area contributed by atoms with Crippen LogP contribution in [0.4, 0.5) is 0 Å². The molecule has 3 heteroatoms. The van der Waals surface area contributed by atoms with Crippen molar-refractivity contribution in [1.29, 1.82) is 5.26 Å². The van der Waals surface area contributed by atoms with Gasteiger partial charge in [-0.2, -0.15) is 5.26 Å². The molecular weight excluding hydrogens is 274 g/mol. The minimum Gasteiger partial charge on any atom is -0.497 e. The van der Waals surface area contributed by atoms with E-state index in [4.69, 9.17) is 4.74 Å². The minimum atomic E-state index is -0.287. The first-order valence-electron chi connectivity index (χ1n) is 6.93. The van der Waals surface area contributed by atoms with Crippen molar-refractivity contribution in [2.75, 3.05) is 7.11 Å². The van der Waals surface area contributed by atoms with Gasteiger partial charge in [-0.25, -0.2) is 0 Å². The number of nitrogens with zero attached hydrogens (tertiary/aromatic N) is 1. The van der Waals surface area contributed by atoms with Crippen molar-refractivity contribution in [2.24, 2.45) is 0 Å². The zero-order chi connectivity index (χ0) is 16.1. The Morgan fingerprint density at radius 1 is 1.14 bits per heavy atom. The number of Topliss-reactive ketones (excluding diaryl/α,β-unsaturated/α-hetero) is 1. The summed E-state index contributed by atoms with van der Waals surface area (Å²) in [5, 5.41) is 9.30. The van der Waals surface area contributed by atoms with E-state index in [-0.39, 0.29) is 11.4 Å². The Morgan fingerprint density at radius 3 is 2.36 bits per heavy atom. The molecule has 0 aliphatic carbocycles. The lowest BCUT2D eigenvalue weighted by molar-refractivity contribution is 0.104. The summed E-state index contributed by atoms with van der Waals surface area (Å²) < 4.78 is 5.07. The molecule has 22 heavy (non-hydrogen) atoms. The summed E-state index contributed by atoms with van der Waals surface area (Å²) in [6, 6.07) is 14.6. The Kier molecular flexibility index (Phi) is 4.75. The number of hydrogen-bond acceptors (Lipinski definition) is 3. The summed E-state index contributed by atoms with van der Waals surface area (Å²) in [5.74, 6) is 0.388. The summed E-state index contributed by atoms with van der Waals surface area (Å²) in [6.45, 7) is 3.97. The van der Waals surface area contributed by atoms with Gasteiger partial charge in [0.2, 0.25) is 5.78 Å². The van der Waals surface area contributed by atoms with Gasteiger partial charge in [-0.3, -0.25) is 4.79 Å². The number of allylic oxidation sites excluding steroid dienone is 1. The van der Waals surface area contributed by atoms with E-state index in [9.17, 15) is 10.1 Å². The third-order valence-electron chi connectivity index (χ3n) is 3.44. The van der Waals surface area contributed by atoms with Crippen LogP contribution in [0.1, 0.15) is 27.0 Å². The van der Waals surface area contributed by atoms with Gasteiger partial charge >= 0.3 is 0 Å². The molecule has 0 unspecified atom stereocenters. The van der Waals surface area contributed by atoms with Gasteiger partial charge in [-0.1, -0.05) is 23.8 Å². The van der Waals surface area contributed by atoms with Crippen LogP contribution >= 0.6 is 0 Å². The van der Waals surface area contributed by atoms with E-state index in [0.29, 0.717) is 11.3 Å². The first-order chi connectivity index (χ1) is 10.5. The SMILES string of the molecule is COc1ccc(C(=O)/C(C#N)=C\c2ccc(C)cc2C)cc1. The second-order valence-electron chi connectivity index (χ2n) is 5.09. The van der Waals surface area contributed by atoms with Gasteiger partial charge in [0.1, 0.15) is 17.4 Å². The molecule has 2 aromatic rings. The van der Waals surface area contributed by atoms with Crippen LogP contribution in [0.15, 0.2) is 48.0 Å². The number of ether oxygens (including phenoxy) is 1. The van der Waals surface area contributed by atoms with Gasteiger partial charge in [-0.05, 0) is 55.3 Å². The number of aryl methyl sites for hydroxylation is 2. The van der Waals surface area contributed by atoms with E-state index >= 15 is 0 Å². The van der Waals surface area contributed by atoms with Gasteiger partial charge in [0.15, 0.2) is 0 Å². The quantitative estimate of drug-likeness (QED) is 0.484. The molecule has 0 saturated carbocycles. The zero-order valence-corrected chi connectivity index (χ0v) is 12.9. The smallest absolute Gasteiger partial charge is 0.203 e. The first-order valence-corrected chi connectivity index (χ1v) is 6.93. The molecule has 0 N–H and O–H groups in total. The molecule has 0 spiro atoms. The molecule has 0 aliphatic rings. The van der Waals surface area contributed by atoms with Crippen molar-refractivity contribution < 1.29 is 9.53 Å². The van der Waals surface area contributed by atoms with Crippen LogP contribution in [-0.2, 0) is 0 Å². The van der Waals surface area contributed by atoms with Gasteiger partial charge in [0, 0.05) is 5.56 Å². The van der Waals surface area contributed by atoms with E-state index in [1.165, 1.54) is 0 Å². The van der Waals surface area contributed by atoms with E-state index in [2.05, 4.69) is 0 Å². The maximum atomic E-state index is 12.4. The zero-order valence-electron chi connectivity index (χ0n) is 12.9. The van der Waals surface area contributed by atoms with Crippen LogP contribution in [0.25, 0.3) is 6.08 Å². The van der Waals surface area contributed by atoms with Crippen molar-refractivity contribution >= 4 is 11.9 Å². The van der Waals surface area contributed by atoms with Crippen molar-refractivity contribution in [1.82, 2.24) is 0 Å². The van der Waals surface area contributed by atoms with Crippen molar-refractivity contribution in [2.45, 2.75) is 13.8 Å². The molecule has 0 atom stereocenters. The number of methoxy groups -OCH3 is 1. The minimum absolute atomic E-state index is 0.122. The molecule has 0 heterocycles. The highest BCUT2D eigenvalue weighted by Gasteiger charge is 2.12. The first kappa shape index (κ1) is 15.5. The van der Waals surface area contributed by atoms with Crippen LogP contribution in [0.5, 0.6) is 5.75 Å². The lowest BCUT2D eigenvalue weighted by Gasteiger charge is -2.04. The van der Waals surface area contributed by atoms with Crippen LogP contribution in [0.2, 0.25) is 0 Å². The third-order valence-corrected chi connectivity index (χ3v) is 3.44. The summed E-state index contributed by atoms with van der Waals surface area (Å²) in [4.78, 5) is 12.4. The monoisotopic (exact) mass is 291 g/mol. The second kappa shape index (κ2) is 6.73. The molecule has 110 valence electrons. The summed E-state index contributed by atoms with van der Waals surface area (Å²) in [7, 11) is 1.57. The van der Waals surface area contributed by atoms with Crippen LogP contribution in [0.3, 0.4) is 0 Å². The number of rotatable bonds is 4. The number of hydrogen-bond donors (Lipinski definition) is 0. The molecule has 0 fully saturated rings. The topological polar surface area (TPSA) is 50.1 Å². The lowest BCUT2D eigenvalue weighted by atomic mass is 9.99. The predicted molar refractivity (Wildman–Crippen MR) is 86.8 cm³/mol. The standard InChI is InChI=1S/C19H17NO2/c1-13-4-5-16(14(2)10-13)11-17(12-20)19(21)15-6-8-18(22-3)9-7-15/h4-11H,1-3H3/b17-11-. The van der Waals surface area contributed by atoms with E-state index < -0.39 is 0 Å². The fourth-order valence-corrected chi connectivity index (χ4v) is 2.19. The van der Waals surface area contributed by atoms with Crippen LogP contribution in [-0.4, -0.2) is 12.9 Å². The lowest BCUT2D eigenvalue weighted by Crippen LogP contribution is -2.02. The summed E-state index contributed by atoms with van der Waals surface area (Å²) >= 11 is 0. The Hall–Kier alpha value is -2.86. The highest BCUT2D eigenvalue weighted by Crippen LogP contribution is 2.18. The number of ketones is 1. The van der Waals surface area contributed by atoms with Gasteiger partial charge < -0.3 is 4.74 Å². The van der Waals surface area contributed by atoms with Crippen LogP contribution < -0.4 is 4.74 Å². The summed E-state index contributed by atoms with van der Waals surface area (Å²) in [5.41, 5.74) is 3.66.